The maximum Gasteiger partial charge on any atom is 0.00408 e. The topological polar surface area (TPSA) is 12.0 Å². The summed E-state index contributed by atoms with van der Waals surface area (Å²) in [7, 11) is 2.04. The van der Waals surface area contributed by atoms with E-state index in [9.17, 15) is 0 Å². The third-order valence-corrected chi connectivity index (χ3v) is 2.36. The van der Waals surface area contributed by atoms with E-state index in [0.29, 0.717) is 16.9 Å². The molecule has 1 heteroatoms. The molecule has 1 unspecified atom stereocenters. The van der Waals surface area contributed by atoms with Crippen LogP contribution in [0.3, 0.4) is 0 Å². The van der Waals surface area contributed by atoms with Gasteiger partial charge < -0.3 is 5.32 Å². The molecule has 0 fully saturated rings. The molecule has 0 heterocycles. The Hall–Kier alpha value is -0.0400. The molecule has 0 bridgehead atoms. The standard InChI is InChI=1S/C12H27N/c1-10(13-7)8-12(5,6)9-11(2,3)4/h10,13H,8-9H2,1-7H3. The van der Waals surface area contributed by atoms with Crippen molar-refractivity contribution in [1.29, 1.82) is 0 Å². The van der Waals surface area contributed by atoms with E-state index >= 15 is 0 Å². The summed E-state index contributed by atoms with van der Waals surface area (Å²) in [4.78, 5) is 0. The van der Waals surface area contributed by atoms with Crippen LogP contribution in [0, 0.1) is 10.8 Å². The number of hydrogen-bond acceptors (Lipinski definition) is 1. The molecule has 80 valence electrons. The van der Waals surface area contributed by atoms with Crippen molar-refractivity contribution in [3.8, 4) is 0 Å². The molecule has 13 heavy (non-hydrogen) atoms. The third-order valence-electron chi connectivity index (χ3n) is 2.36. The fourth-order valence-corrected chi connectivity index (χ4v) is 2.44. The van der Waals surface area contributed by atoms with Gasteiger partial charge in [0.2, 0.25) is 0 Å². The Bertz CT molecular complexity index is 142. The molecule has 1 N–H and O–H groups in total. The van der Waals surface area contributed by atoms with E-state index in [0.717, 1.165) is 0 Å². The van der Waals surface area contributed by atoms with E-state index in [1.807, 2.05) is 7.05 Å². The Morgan fingerprint density at radius 2 is 1.54 bits per heavy atom. The van der Waals surface area contributed by atoms with E-state index < -0.39 is 0 Å². The smallest absolute Gasteiger partial charge is 0.00408 e. The SMILES string of the molecule is CNC(C)CC(C)(C)CC(C)(C)C. The molecule has 0 rings (SSSR count). The first-order chi connectivity index (χ1) is 5.66. The highest BCUT2D eigenvalue weighted by atomic mass is 14.9. The van der Waals surface area contributed by atoms with Crippen molar-refractivity contribution in [2.24, 2.45) is 10.8 Å². The summed E-state index contributed by atoms with van der Waals surface area (Å²) in [6.07, 6.45) is 2.53. The fraction of sp³-hybridized carbons (Fsp3) is 1.00. The summed E-state index contributed by atoms with van der Waals surface area (Å²) in [5.74, 6) is 0. The molecule has 0 saturated heterocycles. The van der Waals surface area contributed by atoms with Crippen LogP contribution in [0.2, 0.25) is 0 Å². The maximum absolute atomic E-state index is 3.31. The van der Waals surface area contributed by atoms with Crippen LogP contribution in [0.4, 0.5) is 0 Å². The van der Waals surface area contributed by atoms with Crippen LogP contribution >= 0.6 is 0 Å². The van der Waals surface area contributed by atoms with Gasteiger partial charge in [-0.3, -0.25) is 0 Å². The van der Waals surface area contributed by atoms with Crippen molar-refractivity contribution in [3.63, 3.8) is 0 Å². The molecule has 0 amide bonds. The lowest BCUT2D eigenvalue weighted by atomic mass is 9.73. The molecule has 0 aromatic heterocycles. The van der Waals surface area contributed by atoms with E-state index in [1.54, 1.807) is 0 Å². The van der Waals surface area contributed by atoms with Gasteiger partial charge in [-0.05, 0) is 37.6 Å². The number of hydrogen-bond donors (Lipinski definition) is 1. The van der Waals surface area contributed by atoms with Crippen LogP contribution in [0.25, 0.3) is 0 Å². The third kappa shape index (κ3) is 7.06. The molecule has 0 aromatic carbocycles. The lowest BCUT2D eigenvalue weighted by Gasteiger charge is -2.34. The fourth-order valence-electron chi connectivity index (χ4n) is 2.44. The van der Waals surface area contributed by atoms with Gasteiger partial charge in [0.25, 0.3) is 0 Å². The molecule has 0 aliphatic carbocycles. The Morgan fingerprint density at radius 1 is 1.08 bits per heavy atom. The quantitative estimate of drug-likeness (QED) is 0.707. The van der Waals surface area contributed by atoms with E-state index in [4.69, 9.17) is 0 Å². The normalized spacial score (nSPS) is 15.9. The molecular formula is C12H27N. The molecule has 1 atom stereocenters. The van der Waals surface area contributed by atoms with Gasteiger partial charge in [-0.15, -0.1) is 0 Å². The highest BCUT2D eigenvalue weighted by Crippen LogP contribution is 2.36. The number of rotatable bonds is 4. The van der Waals surface area contributed by atoms with Crippen molar-refractivity contribution < 1.29 is 0 Å². The van der Waals surface area contributed by atoms with Crippen LogP contribution in [-0.2, 0) is 0 Å². The van der Waals surface area contributed by atoms with Gasteiger partial charge in [0.1, 0.15) is 0 Å². The van der Waals surface area contributed by atoms with Gasteiger partial charge in [-0.2, -0.15) is 0 Å². The van der Waals surface area contributed by atoms with E-state index in [2.05, 4.69) is 46.9 Å². The average Bonchev–Trinajstić information content (AvgIpc) is 1.80. The van der Waals surface area contributed by atoms with Crippen molar-refractivity contribution >= 4 is 0 Å². The maximum atomic E-state index is 3.31. The predicted octanol–water partition coefficient (Wildman–Crippen LogP) is 3.45. The van der Waals surface area contributed by atoms with Crippen LogP contribution in [0.15, 0.2) is 0 Å². The van der Waals surface area contributed by atoms with E-state index in [1.165, 1.54) is 12.8 Å². The van der Waals surface area contributed by atoms with Gasteiger partial charge in [0.05, 0.1) is 0 Å². The zero-order valence-electron chi connectivity index (χ0n) is 10.5. The van der Waals surface area contributed by atoms with E-state index in [-0.39, 0.29) is 0 Å². The molecule has 0 saturated carbocycles. The summed E-state index contributed by atoms with van der Waals surface area (Å²) in [5, 5.41) is 3.31. The molecular weight excluding hydrogens is 158 g/mol. The van der Waals surface area contributed by atoms with Crippen molar-refractivity contribution in [2.45, 2.75) is 60.4 Å². The van der Waals surface area contributed by atoms with Gasteiger partial charge in [0.15, 0.2) is 0 Å². The Morgan fingerprint density at radius 3 is 1.85 bits per heavy atom. The molecule has 0 aliphatic rings. The Kier molecular flexibility index (Phi) is 4.44. The minimum Gasteiger partial charge on any atom is -0.317 e. The van der Waals surface area contributed by atoms with Crippen molar-refractivity contribution in [3.05, 3.63) is 0 Å². The Labute approximate surface area is 84.3 Å². The summed E-state index contributed by atoms with van der Waals surface area (Å²) in [5.41, 5.74) is 0.887. The predicted molar refractivity (Wildman–Crippen MR) is 61.0 cm³/mol. The first-order valence-electron chi connectivity index (χ1n) is 5.33. The number of nitrogens with one attached hydrogen (secondary N) is 1. The first-order valence-corrected chi connectivity index (χ1v) is 5.33. The second kappa shape index (κ2) is 4.45. The molecule has 0 aliphatic heterocycles. The second-order valence-electron chi connectivity index (χ2n) is 6.30. The molecule has 0 radical (unpaired) electrons. The first kappa shape index (κ1) is 13.0. The summed E-state index contributed by atoms with van der Waals surface area (Å²) >= 11 is 0. The van der Waals surface area contributed by atoms with Crippen LogP contribution < -0.4 is 5.32 Å². The van der Waals surface area contributed by atoms with Crippen LogP contribution in [-0.4, -0.2) is 13.1 Å². The monoisotopic (exact) mass is 185 g/mol. The van der Waals surface area contributed by atoms with Gasteiger partial charge in [-0.25, -0.2) is 0 Å². The summed E-state index contributed by atoms with van der Waals surface area (Å²) in [6.45, 7) is 13.9. The summed E-state index contributed by atoms with van der Waals surface area (Å²) < 4.78 is 0. The zero-order chi connectivity index (χ0) is 10.7. The second-order valence-corrected chi connectivity index (χ2v) is 6.30. The van der Waals surface area contributed by atoms with Crippen molar-refractivity contribution in [1.82, 2.24) is 5.32 Å². The molecule has 0 spiro atoms. The highest BCUT2D eigenvalue weighted by Gasteiger charge is 2.26. The molecule has 1 nitrogen and oxygen atoms in total. The van der Waals surface area contributed by atoms with Gasteiger partial charge >= 0.3 is 0 Å². The van der Waals surface area contributed by atoms with Gasteiger partial charge in [0, 0.05) is 6.04 Å². The minimum atomic E-state index is 0.441. The highest BCUT2D eigenvalue weighted by molar-refractivity contribution is 4.79. The van der Waals surface area contributed by atoms with Crippen LogP contribution in [0.5, 0.6) is 0 Å². The largest absolute Gasteiger partial charge is 0.317 e. The molecule has 0 aromatic rings. The van der Waals surface area contributed by atoms with Crippen molar-refractivity contribution in [2.75, 3.05) is 7.05 Å². The lowest BCUT2D eigenvalue weighted by molar-refractivity contribution is 0.184. The summed E-state index contributed by atoms with van der Waals surface area (Å²) in [6, 6.07) is 0.623. The van der Waals surface area contributed by atoms with Crippen LogP contribution in [0.1, 0.15) is 54.4 Å². The zero-order valence-corrected chi connectivity index (χ0v) is 10.5. The minimum absolute atomic E-state index is 0.441. The average molecular weight is 185 g/mol. The lowest BCUT2D eigenvalue weighted by Crippen LogP contribution is -2.30. The van der Waals surface area contributed by atoms with Gasteiger partial charge in [-0.1, -0.05) is 34.6 Å². The Balaban J connectivity index is 4.08.